The number of rotatable bonds is 2. The molecule has 0 aliphatic carbocycles. The van der Waals surface area contributed by atoms with Crippen LogP contribution in [0.15, 0.2) is 36.4 Å². The van der Waals surface area contributed by atoms with Crippen molar-refractivity contribution >= 4 is 11.9 Å². The Balaban J connectivity index is 0.000000523. The average molecular weight is 450 g/mol. The molecule has 2 N–H and O–H groups in total. The van der Waals surface area contributed by atoms with Gasteiger partial charge < -0.3 is 30.0 Å². The summed E-state index contributed by atoms with van der Waals surface area (Å²) in [4.78, 5) is 21.0. The van der Waals surface area contributed by atoms with Gasteiger partial charge in [-0.1, -0.05) is 53.7 Å². The minimum atomic E-state index is -1.36. The Kier molecular flexibility index (Phi) is 8.96. The molecule has 1 radical (unpaired) electrons. The summed E-state index contributed by atoms with van der Waals surface area (Å²) in [6, 6.07) is 9.03. The predicted molar refractivity (Wildman–Crippen MR) is 102 cm³/mol. The quantitative estimate of drug-likeness (QED) is 0.677. The third-order valence-electron chi connectivity index (χ3n) is 4.17. The maximum atomic E-state index is 10.5. The Bertz CT molecular complexity index is 802. The van der Waals surface area contributed by atoms with Crippen molar-refractivity contribution in [1.82, 2.24) is 0 Å². The molecule has 0 bridgehead atoms. The molecule has 0 saturated heterocycles. The van der Waals surface area contributed by atoms with Gasteiger partial charge in [0.05, 0.1) is 11.9 Å². The second kappa shape index (κ2) is 9.81. The summed E-state index contributed by atoms with van der Waals surface area (Å²) >= 11 is 0. The zero-order chi connectivity index (χ0) is 21.9. The summed E-state index contributed by atoms with van der Waals surface area (Å²) in [5.41, 5.74) is 1.22. The molecule has 0 aliphatic rings. The molecule has 6 nitrogen and oxygen atoms in total. The van der Waals surface area contributed by atoms with Crippen LogP contribution in [0.2, 0.25) is 0 Å². The van der Waals surface area contributed by atoms with Gasteiger partial charge in [0.2, 0.25) is 0 Å². The summed E-state index contributed by atoms with van der Waals surface area (Å²) in [5.74, 6) is -3.19. The zero-order valence-corrected chi connectivity index (χ0v) is 18.2. The first-order chi connectivity index (χ1) is 12.6. The molecule has 0 unspecified atom stereocenters. The van der Waals surface area contributed by atoms with Crippen LogP contribution in [-0.4, -0.2) is 22.2 Å². The molecule has 0 spiro atoms. The largest absolute Gasteiger partial charge is 2.00 e. The minimum Gasteiger partial charge on any atom is -0.545 e. The Morgan fingerprint density at radius 1 is 0.690 bits per heavy atom. The maximum absolute atomic E-state index is 10.5. The van der Waals surface area contributed by atoms with Crippen LogP contribution < -0.4 is 10.2 Å². The van der Waals surface area contributed by atoms with Crippen LogP contribution in [-0.2, 0) is 27.9 Å². The number of carboxylic acid groups (broad SMARTS) is 2. The van der Waals surface area contributed by atoms with Crippen LogP contribution in [0.25, 0.3) is 0 Å². The SMILES string of the molecule is CC(C)(C)c1ccc(C(=O)[O-])c(O)c1.CC(C)(C)c1ccc(C(=O)[O-])c(O)c1.[Cu+2]. The fourth-order valence-corrected chi connectivity index (χ4v) is 2.34. The van der Waals surface area contributed by atoms with E-state index in [4.69, 9.17) is 0 Å². The van der Waals surface area contributed by atoms with Gasteiger partial charge in [0, 0.05) is 11.1 Å². The van der Waals surface area contributed by atoms with E-state index < -0.39 is 11.9 Å². The normalized spacial score (nSPS) is 11.0. The number of carbonyl (C=O) groups excluding carboxylic acids is 2. The summed E-state index contributed by atoms with van der Waals surface area (Å²) in [6.07, 6.45) is 0. The van der Waals surface area contributed by atoms with Gasteiger partial charge in [0.15, 0.2) is 0 Å². The Hall–Kier alpha value is -2.50. The molecule has 0 fully saturated rings. The number of hydrogen-bond donors (Lipinski definition) is 2. The van der Waals surface area contributed by atoms with Crippen LogP contribution in [0.1, 0.15) is 73.4 Å². The monoisotopic (exact) mass is 449 g/mol. The van der Waals surface area contributed by atoms with E-state index in [9.17, 15) is 30.0 Å². The Morgan fingerprint density at radius 2 is 0.966 bits per heavy atom. The molecular formula is C22H26CuO6. The van der Waals surface area contributed by atoms with Crippen molar-refractivity contribution in [3.8, 4) is 11.5 Å². The second-order valence-corrected chi connectivity index (χ2v) is 8.54. The van der Waals surface area contributed by atoms with Crippen LogP contribution in [0.3, 0.4) is 0 Å². The van der Waals surface area contributed by atoms with Gasteiger partial charge in [-0.15, -0.1) is 0 Å². The molecule has 2 rings (SSSR count). The average Bonchev–Trinajstić information content (AvgIpc) is 2.52. The standard InChI is InChI=1S/2C11H14O3.Cu/c2*1-11(2,3)7-4-5-8(10(13)14)9(12)6-7;/h2*4-6,12H,1-3H3,(H,13,14);/q;;+2/p-2. The molecule has 0 aromatic heterocycles. The molecule has 0 atom stereocenters. The number of aromatic hydroxyl groups is 2. The van der Waals surface area contributed by atoms with Gasteiger partial charge in [-0.25, -0.2) is 0 Å². The van der Waals surface area contributed by atoms with Crippen molar-refractivity contribution in [3.05, 3.63) is 58.7 Å². The topological polar surface area (TPSA) is 121 Å². The van der Waals surface area contributed by atoms with Gasteiger partial charge >= 0.3 is 17.1 Å². The summed E-state index contributed by atoms with van der Waals surface area (Å²) in [7, 11) is 0. The predicted octanol–water partition coefficient (Wildman–Crippen LogP) is 2.10. The number of aromatic carboxylic acids is 2. The number of hydrogen-bond acceptors (Lipinski definition) is 6. The Morgan fingerprint density at radius 3 is 1.14 bits per heavy atom. The molecule has 0 heterocycles. The van der Waals surface area contributed by atoms with Gasteiger partial charge in [0.1, 0.15) is 11.5 Å². The zero-order valence-electron chi connectivity index (χ0n) is 17.3. The van der Waals surface area contributed by atoms with E-state index >= 15 is 0 Å². The summed E-state index contributed by atoms with van der Waals surface area (Å²) < 4.78 is 0. The van der Waals surface area contributed by atoms with E-state index in [1.54, 1.807) is 12.1 Å². The molecule has 0 aliphatic heterocycles. The smallest absolute Gasteiger partial charge is 0.545 e. The molecule has 7 heteroatoms. The van der Waals surface area contributed by atoms with Crippen molar-refractivity contribution in [2.45, 2.75) is 52.4 Å². The van der Waals surface area contributed by atoms with Gasteiger partial charge in [-0.3, -0.25) is 0 Å². The van der Waals surface area contributed by atoms with Crippen molar-refractivity contribution in [1.29, 1.82) is 0 Å². The fraction of sp³-hybridized carbons (Fsp3) is 0.364. The minimum absolute atomic E-state index is 0. The number of benzene rings is 2. The molecular weight excluding hydrogens is 424 g/mol. The first-order valence-electron chi connectivity index (χ1n) is 8.74. The fourth-order valence-electron chi connectivity index (χ4n) is 2.34. The van der Waals surface area contributed by atoms with Crippen molar-refractivity contribution in [2.24, 2.45) is 0 Å². The third kappa shape index (κ3) is 7.44. The maximum Gasteiger partial charge on any atom is 2.00 e. The number of carbonyl (C=O) groups is 2. The van der Waals surface area contributed by atoms with E-state index in [-0.39, 0.29) is 50.5 Å². The first-order valence-corrected chi connectivity index (χ1v) is 8.74. The van der Waals surface area contributed by atoms with E-state index in [0.29, 0.717) is 0 Å². The van der Waals surface area contributed by atoms with Crippen LogP contribution in [0.4, 0.5) is 0 Å². The molecule has 29 heavy (non-hydrogen) atoms. The van der Waals surface area contributed by atoms with Crippen molar-refractivity contribution in [3.63, 3.8) is 0 Å². The van der Waals surface area contributed by atoms with Crippen LogP contribution >= 0.6 is 0 Å². The summed E-state index contributed by atoms with van der Waals surface area (Å²) in [5, 5.41) is 39.8. The van der Waals surface area contributed by atoms with Gasteiger partial charge in [-0.05, 0) is 46.2 Å². The Labute approximate surface area is 181 Å². The van der Waals surface area contributed by atoms with E-state index in [2.05, 4.69) is 0 Å². The van der Waals surface area contributed by atoms with E-state index in [1.165, 1.54) is 24.3 Å². The molecule has 0 amide bonds. The molecule has 0 saturated carbocycles. The van der Waals surface area contributed by atoms with Gasteiger partial charge in [-0.2, -0.15) is 0 Å². The first kappa shape index (κ1) is 26.5. The molecule has 2 aromatic rings. The van der Waals surface area contributed by atoms with Crippen LogP contribution in [0, 0.1) is 0 Å². The third-order valence-corrected chi connectivity index (χ3v) is 4.17. The van der Waals surface area contributed by atoms with E-state index in [0.717, 1.165) is 11.1 Å². The summed E-state index contributed by atoms with van der Waals surface area (Å²) in [6.45, 7) is 11.9. The van der Waals surface area contributed by atoms with Gasteiger partial charge in [0.25, 0.3) is 0 Å². The van der Waals surface area contributed by atoms with Crippen molar-refractivity contribution in [2.75, 3.05) is 0 Å². The van der Waals surface area contributed by atoms with Crippen molar-refractivity contribution < 1.29 is 47.1 Å². The number of phenols is 2. The molecule has 161 valence electrons. The van der Waals surface area contributed by atoms with Crippen LogP contribution in [0.5, 0.6) is 11.5 Å². The molecule has 2 aromatic carbocycles. The second-order valence-electron chi connectivity index (χ2n) is 8.54. The number of carboxylic acids is 2. The van der Waals surface area contributed by atoms with E-state index in [1.807, 2.05) is 41.5 Å².